The summed E-state index contributed by atoms with van der Waals surface area (Å²) in [5.41, 5.74) is -1.13. The predicted molar refractivity (Wildman–Crippen MR) is 145 cm³/mol. The molecule has 216 valence electrons. The zero-order valence-corrected chi connectivity index (χ0v) is 23.9. The number of rotatable bonds is 8. The van der Waals surface area contributed by atoms with Gasteiger partial charge in [0, 0.05) is 42.0 Å². The summed E-state index contributed by atoms with van der Waals surface area (Å²) in [5, 5.41) is 5.64. The molecule has 2 N–H and O–H groups in total. The van der Waals surface area contributed by atoms with Gasteiger partial charge in [0.15, 0.2) is 15.4 Å². The molecule has 2 amide bonds. The van der Waals surface area contributed by atoms with Crippen molar-refractivity contribution in [3.8, 4) is 5.75 Å². The molecule has 2 bridgehead atoms. The van der Waals surface area contributed by atoms with E-state index in [1.54, 1.807) is 26.0 Å². The molecule has 0 spiro atoms. The maximum absolute atomic E-state index is 13.3. The third-order valence-electron chi connectivity index (χ3n) is 7.69. The van der Waals surface area contributed by atoms with E-state index in [1.165, 1.54) is 24.4 Å². The lowest BCUT2D eigenvalue weighted by atomic mass is 9.96. The number of ether oxygens (including phenoxy) is 1. The van der Waals surface area contributed by atoms with Gasteiger partial charge in [-0.1, -0.05) is 11.6 Å². The minimum atomic E-state index is -3.64. The largest absolute Gasteiger partial charge is 0.477 e. The van der Waals surface area contributed by atoms with Crippen molar-refractivity contribution in [2.45, 2.75) is 86.5 Å². The van der Waals surface area contributed by atoms with E-state index in [-0.39, 0.29) is 51.7 Å². The third kappa shape index (κ3) is 5.88. The topological polar surface area (TPSA) is 118 Å². The van der Waals surface area contributed by atoms with Crippen LogP contribution in [0.15, 0.2) is 41.4 Å². The molecular weight excluding hydrogens is 566 g/mol. The molecule has 4 atom stereocenters. The van der Waals surface area contributed by atoms with Crippen LogP contribution >= 0.6 is 11.6 Å². The van der Waals surface area contributed by atoms with Gasteiger partial charge in [-0.15, -0.1) is 0 Å². The van der Waals surface area contributed by atoms with Crippen molar-refractivity contribution in [3.05, 3.63) is 47.1 Å². The summed E-state index contributed by atoms with van der Waals surface area (Å²) >= 11 is 5.98. The van der Waals surface area contributed by atoms with E-state index in [4.69, 9.17) is 16.3 Å². The van der Waals surface area contributed by atoms with E-state index < -0.39 is 33.3 Å². The summed E-state index contributed by atoms with van der Waals surface area (Å²) in [7, 11) is -3.64. The number of aromatic nitrogens is 1. The lowest BCUT2D eigenvalue weighted by Crippen LogP contribution is -2.55. The van der Waals surface area contributed by atoms with Gasteiger partial charge in [-0.05, 0) is 69.9 Å². The summed E-state index contributed by atoms with van der Waals surface area (Å²) < 4.78 is 56.6. The van der Waals surface area contributed by atoms with Gasteiger partial charge in [0.2, 0.25) is 0 Å². The summed E-state index contributed by atoms with van der Waals surface area (Å²) in [4.78, 5) is 32.1. The molecule has 1 aromatic carbocycles. The van der Waals surface area contributed by atoms with E-state index in [9.17, 15) is 26.8 Å². The molecule has 2 unspecified atom stereocenters. The first-order chi connectivity index (χ1) is 18.6. The lowest BCUT2D eigenvalue weighted by molar-refractivity contribution is -0.135. The van der Waals surface area contributed by atoms with Gasteiger partial charge in [0.1, 0.15) is 16.5 Å². The SMILES string of the molecule is CC(C)(Oc1ccc(Cl)cc1S(C)(=O)=O)C(=O)NC1C[C@H]2CC[C@@H](C1)N2c1ccc(C(=O)NC2CC2(F)F)cn1. The number of pyridine rings is 1. The number of nitrogens with zero attached hydrogens (tertiary/aromatic N) is 2. The van der Waals surface area contributed by atoms with Crippen molar-refractivity contribution < 1.29 is 31.5 Å². The number of fused-ring (bicyclic) bond motifs is 2. The van der Waals surface area contributed by atoms with Gasteiger partial charge in [-0.2, -0.15) is 0 Å². The lowest BCUT2D eigenvalue weighted by Gasteiger charge is -2.41. The Balaban J connectivity index is 1.21. The van der Waals surface area contributed by atoms with Crippen LogP contribution in [0.1, 0.15) is 56.3 Å². The van der Waals surface area contributed by atoms with E-state index in [0.717, 1.165) is 19.1 Å². The molecule has 2 saturated heterocycles. The van der Waals surface area contributed by atoms with Crippen molar-refractivity contribution in [3.63, 3.8) is 0 Å². The zero-order chi connectivity index (χ0) is 29.0. The number of hydrogen-bond acceptors (Lipinski definition) is 7. The molecule has 1 aliphatic carbocycles. The highest BCUT2D eigenvalue weighted by molar-refractivity contribution is 7.90. The number of amides is 2. The normalized spacial score (nSPS) is 25.3. The van der Waals surface area contributed by atoms with Crippen molar-refractivity contribution in [1.29, 1.82) is 0 Å². The second-order valence-electron chi connectivity index (χ2n) is 11.3. The van der Waals surface area contributed by atoms with Crippen LogP contribution < -0.4 is 20.3 Å². The summed E-state index contributed by atoms with van der Waals surface area (Å²) in [6, 6.07) is 6.58. The average Bonchev–Trinajstić information content (AvgIpc) is 3.37. The highest BCUT2D eigenvalue weighted by Gasteiger charge is 2.58. The van der Waals surface area contributed by atoms with Crippen molar-refractivity contribution >= 4 is 39.1 Å². The molecule has 9 nitrogen and oxygen atoms in total. The molecule has 3 heterocycles. The first-order valence-corrected chi connectivity index (χ1v) is 15.3. The summed E-state index contributed by atoms with van der Waals surface area (Å²) in [6.07, 6.45) is 5.29. The Bertz CT molecular complexity index is 1420. The number of anilines is 1. The molecule has 2 aliphatic heterocycles. The van der Waals surface area contributed by atoms with Crippen LogP contribution in [0.5, 0.6) is 5.75 Å². The summed E-state index contributed by atoms with van der Waals surface area (Å²) in [5.74, 6) is -3.02. The van der Waals surface area contributed by atoms with Crippen LogP contribution in [-0.4, -0.2) is 67.2 Å². The first kappa shape index (κ1) is 28.5. The molecule has 2 aromatic rings. The van der Waals surface area contributed by atoms with Crippen LogP contribution in [0.4, 0.5) is 14.6 Å². The van der Waals surface area contributed by atoms with Crippen LogP contribution in [0.25, 0.3) is 0 Å². The molecule has 3 fully saturated rings. The molecule has 3 aliphatic rings. The van der Waals surface area contributed by atoms with Gasteiger partial charge in [-0.25, -0.2) is 22.2 Å². The highest BCUT2D eigenvalue weighted by Crippen LogP contribution is 2.42. The standard InChI is InChI=1S/C27H31ClF2N4O5S/c1-26(2,39-20-8-5-16(28)10-21(20)40(3,37)38)25(36)32-17-11-18-6-7-19(12-17)34(18)23-9-4-15(14-31-23)24(35)33-22-13-27(22,29)30/h4-5,8-10,14,17-19,22H,6-7,11-13H2,1-3H3,(H,32,36)(H,33,35)/t17?,18-,19+,22?. The second-order valence-corrected chi connectivity index (χ2v) is 13.7. The van der Waals surface area contributed by atoms with Gasteiger partial charge < -0.3 is 20.3 Å². The molecular formula is C27H31ClF2N4O5S. The Morgan fingerprint density at radius 2 is 1.77 bits per heavy atom. The maximum atomic E-state index is 13.3. The number of benzene rings is 1. The van der Waals surface area contributed by atoms with Crippen LogP contribution in [0, 0.1) is 0 Å². The van der Waals surface area contributed by atoms with E-state index in [2.05, 4.69) is 20.5 Å². The summed E-state index contributed by atoms with van der Waals surface area (Å²) in [6.45, 7) is 3.16. The number of sulfone groups is 1. The number of piperidine rings is 1. The van der Waals surface area contributed by atoms with Gasteiger partial charge in [0.05, 0.1) is 11.6 Å². The molecule has 0 radical (unpaired) electrons. The van der Waals surface area contributed by atoms with Crippen LogP contribution in [0.3, 0.4) is 0 Å². The molecule has 1 aromatic heterocycles. The Labute approximate surface area is 236 Å². The number of carbonyl (C=O) groups excluding carboxylic acids is 2. The van der Waals surface area contributed by atoms with Gasteiger partial charge >= 0.3 is 0 Å². The average molecular weight is 597 g/mol. The van der Waals surface area contributed by atoms with Crippen molar-refractivity contribution in [1.82, 2.24) is 15.6 Å². The van der Waals surface area contributed by atoms with Gasteiger partial charge in [-0.3, -0.25) is 9.59 Å². The Morgan fingerprint density at radius 1 is 1.12 bits per heavy atom. The van der Waals surface area contributed by atoms with E-state index in [0.29, 0.717) is 18.7 Å². The second kappa shape index (κ2) is 10.1. The van der Waals surface area contributed by atoms with E-state index in [1.807, 2.05) is 0 Å². The molecule has 13 heteroatoms. The van der Waals surface area contributed by atoms with Gasteiger partial charge in [0.25, 0.3) is 17.7 Å². The fourth-order valence-corrected chi connectivity index (χ4v) is 6.54. The Kier molecular flexibility index (Phi) is 7.23. The highest BCUT2D eigenvalue weighted by atomic mass is 35.5. The maximum Gasteiger partial charge on any atom is 0.270 e. The quantitative estimate of drug-likeness (QED) is 0.477. The number of nitrogens with one attached hydrogen (secondary N) is 2. The zero-order valence-electron chi connectivity index (χ0n) is 22.3. The third-order valence-corrected chi connectivity index (χ3v) is 9.04. The minimum absolute atomic E-state index is 0.0518. The Hall–Kier alpha value is -2.99. The molecule has 1 saturated carbocycles. The van der Waals surface area contributed by atoms with E-state index >= 15 is 0 Å². The van der Waals surface area contributed by atoms with Crippen molar-refractivity contribution in [2.24, 2.45) is 0 Å². The minimum Gasteiger partial charge on any atom is -0.477 e. The van der Waals surface area contributed by atoms with Crippen LogP contribution in [0.2, 0.25) is 5.02 Å². The molecule has 5 rings (SSSR count). The fourth-order valence-electron chi connectivity index (χ4n) is 5.49. The first-order valence-electron chi connectivity index (χ1n) is 13.1. The smallest absolute Gasteiger partial charge is 0.270 e. The van der Waals surface area contributed by atoms with Crippen molar-refractivity contribution in [2.75, 3.05) is 11.2 Å². The number of carbonyl (C=O) groups is 2. The molecule has 40 heavy (non-hydrogen) atoms. The Morgan fingerprint density at radius 3 is 2.33 bits per heavy atom. The monoisotopic (exact) mass is 596 g/mol. The van der Waals surface area contributed by atoms with Crippen LogP contribution in [-0.2, 0) is 14.6 Å². The number of hydrogen-bond donors (Lipinski definition) is 2. The fraction of sp³-hybridized carbons (Fsp3) is 0.519. The number of alkyl halides is 2. The predicted octanol–water partition coefficient (Wildman–Crippen LogP) is 3.75. The number of halogens is 3.